The molecule has 2 atom stereocenters. The van der Waals surface area contributed by atoms with E-state index < -0.39 is 38.3 Å². The van der Waals surface area contributed by atoms with E-state index in [1.54, 1.807) is 37.5 Å². The first-order chi connectivity index (χ1) is 17.5. The molecule has 0 radical (unpaired) electrons. The number of aryl methyl sites for hydroxylation is 2. The van der Waals surface area contributed by atoms with Crippen LogP contribution in [0.5, 0.6) is 17.4 Å². The summed E-state index contributed by atoms with van der Waals surface area (Å²) in [4.78, 5) is 26.5. The molecule has 3 rings (SSSR count). The van der Waals surface area contributed by atoms with Gasteiger partial charge in [-0.15, -0.1) is 0 Å². The summed E-state index contributed by atoms with van der Waals surface area (Å²) in [6.07, 6.45) is 5.06. The lowest BCUT2D eigenvalue weighted by atomic mass is 10.1. The minimum atomic E-state index is -4.18. The quantitative estimate of drug-likeness (QED) is 0.380. The molecular weight excluding hydrogens is 498 g/mol. The molecule has 0 spiro atoms. The molecule has 2 heterocycles. The second-order valence-corrected chi connectivity index (χ2v) is 10.8. The molecule has 0 fully saturated rings. The Balaban J connectivity index is 2.14. The van der Waals surface area contributed by atoms with Crippen LogP contribution in [-0.4, -0.2) is 52.5 Å². The standard InChI is InChI=1S/C25H33N5O6S/c1-7-8-12-20-28-24(31)21(25(32)30(20)22-18(35-5)10-9-11-19(22)36-6)29-37(33,34)17(4)16(3)23-26-13-15(2)14-27-23/h9-11,13-14,16-17,29,31H,7-8,12H2,1-6H3/t16-,17-/m0/s1. The van der Waals surface area contributed by atoms with Crippen molar-refractivity contribution in [2.24, 2.45) is 0 Å². The van der Waals surface area contributed by atoms with Gasteiger partial charge in [-0.25, -0.2) is 18.4 Å². The van der Waals surface area contributed by atoms with E-state index in [4.69, 9.17) is 9.47 Å². The Morgan fingerprint density at radius 1 is 1.11 bits per heavy atom. The second kappa shape index (κ2) is 11.6. The van der Waals surface area contributed by atoms with Gasteiger partial charge in [0.25, 0.3) is 5.56 Å². The zero-order chi connectivity index (χ0) is 27.3. The number of hydrogen-bond donors (Lipinski definition) is 2. The number of anilines is 1. The summed E-state index contributed by atoms with van der Waals surface area (Å²) < 4.78 is 41.1. The number of para-hydroxylation sites is 1. The van der Waals surface area contributed by atoms with Gasteiger partial charge in [-0.2, -0.15) is 4.98 Å². The van der Waals surface area contributed by atoms with Crippen LogP contribution in [0, 0.1) is 6.92 Å². The molecule has 2 N–H and O–H groups in total. The molecule has 0 aliphatic rings. The van der Waals surface area contributed by atoms with Crippen LogP contribution in [0.2, 0.25) is 0 Å². The Kier molecular flexibility index (Phi) is 8.74. The number of aromatic nitrogens is 4. The SMILES string of the molecule is CCCCc1nc(O)c(NS(=O)(=O)[C@@H](C)[C@H](C)c2ncc(C)cn2)c(=O)n1-c1c(OC)cccc1OC. The van der Waals surface area contributed by atoms with Crippen LogP contribution in [0.1, 0.15) is 56.7 Å². The number of aromatic hydroxyl groups is 1. The molecule has 0 saturated heterocycles. The number of benzene rings is 1. The molecule has 200 valence electrons. The highest BCUT2D eigenvalue weighted by Gasteiger charge is 2.32. The van der Waals surface area contributed by atoms with Crippen molar-refractivity contribution in [2.45, 2.75) is 58.1 Å². The largest absolute Gasteiger partial charge is 0.494 e. The van der Waals surface area contributed by atoms with Gasteiger partial charge < -0.3 is 14.6 Å². The maximum atomic E-state index is 13.8. The topological polar surface area (TPSA) is 146 Å². The summed E-state index contributed by atoms with van der Waals surface area (Å²) in [6, 6.07) is 5.00. The van der Waals surface area contributed by atoms with Gasteiger partial charge >= 0.3 is 0 Å². The number of nitrogens with zero attached hydrogens (tertiary/aromatic N) is 4. The third kappa shape index (κ3) is 5.85. The van der Waals surface area contributed by atoms with Crippen LogP contribution in [0.25, 0.3) is 5.69 Å². The van der Waals surface area contributed by atoms with Crippen molar-refractivity contribution in [3.8, 4) is 23.1 Å². The van der Waals surface area contributed by atoms with Gasteiger partial charge in [0.15, 0.2) is 5.69 Å². The fraction of sp³-hybridized carbons (Fsp3) is 0.440. The van der Waals surface area contributed by atoms with E-state index in [2.05, 4.69) is 19.7 Å². The van der Waals surface area contributed by atoms with Gasteiger partial charge in [0, 0.05) is 24.7 Å². The van der Waals surface area contributed by atoms with Crippen LogP contribution in [-0.2, 0) is 16.4 Å². The number of ether oxygens (including phenoxy) is 2. The van der Waals surface area contributed by atoms with Crippen LogP contribution < -0.4 is 19.8 Å². The molecule has 0 aliphatic carbocycles. The van der Waals surface area contributed by atoms with E-state index >= 15 is 0 Å². The van der Waals surface area contributed by atoms with Gasteiger partial charge in [-0.05, 0) is 38.0 Å². The maximum absolute atomic E-state index is 13.8. The van der Waals surface area contributed by atoms with E-state index in [1.165, 1.54) is 25.7 Å². The van der Waals surface area contributed by atoms with Crippen molar-refractivity contribution < 1.29 is 23.0 Å². The number of nitrogens with one attached hydrogen (secondary N) is 1. The fourth-order valence-electron chi connectivity index (χ4n) is 3.78. The zero-order valence-electron chi connectivity index (χ0n) is 21.8. The van der Waals surface area contributed by atoms with Crippen LogP contribution >= 0.6 is 0 Å². The first-order valence-corrected chi connectivity index (χ1v) is 13.5. The van der Waals surface area contributed by atoms with Gasteiger partial charge in [-0.1, -0.05) is 26.3 Å². The molecule has 37 heavy (non-hydrogen) atoms. The Hall–Kier alpha value is -3.67. The maximum Gasteiger partial charge on any atom is 0.286 e. The van der Waals surface area contributed by atoms with Crippen LogP contribution in [0.4, 0.5) is 5.69 Å². The molecule has 2 aromatic heterocycles. The Morgan fingerprint density at radius 2 is 1.70 bits per heavy atom. The molecule has 0 aliphatic heterocycles. The number of methoxy groups -OCH3 is 2. The summed E-state index contributed by atoms with van der Waals surface area (Å²) in [5.41, 5.74) is -0.282. The lowest BCUT2D eigenvalue weighted by Gasteiger charge is -2.22. The highest BCUT2D eigenvalue weighted by molar-refractivity contribution is 7.93. The minimum absolute atomic E-state index is 0.240. The number of hydrogen-bond acceptors (Lipinski definition) is 9. The highest BCUT2D eigenvalue weighted by Crippen LogP contribution is 2.34. The van der Waals surface area contributed by atoms with Crippen molar-refractivity contribution in [1.82, 2.24) is 19.5 Å². The first kappa shape index (κ1) is 27.9. The van der Waals surface area contributed by atoms with Crippen molar-refractivity contribution in [3.05, 3.63) is 58.2 Å². The highest BCUT2D eigenvalue weighted by atomic mass is 32.2. The molecule has 0 saturated carbocycles. The fourth-order valence-corrected chi connectivity index (χ4v) is 5.09. The van der Waals surface area contributed by atoms with Crippen LogP contribution in [0.3, 0.4) is 0 Å². The summed E-state index contributed by atoms with van der Waals surface area (Å²) in [7, 11) is -1.29. The summed E-state index contributed by atoms with van der Waals surface area (Å²) in [5, 5.41) is 9.65. The van der Waals surface area contributed by atoms with E-state index in [-0.39, 0.29) is 11.5 Å². The Bertz CT molecular complexity index is 1380. The lowest BCUT2D eigenvalue weighted by molar-refractivity contribution is 0.388. The minimum Gasteiger partial charge on any atom is -0.494 e. The Labute approximate surface area is 216 Å². The molecule has 1 aromatic carbocycles. The summed E-state index contributed by atoms with van der Waals surface area (Å²) in [6.45, 7) is 6.98. The monoisotopic (exact) mass is 531 g/mol. The molecule has 12 heteroatoms. The van der Waals surface area contributed by atoms with Gasteiger partial charge in [-0.3, -0.25) is 14.1 Å². The smallest absolute Gasteiger partial charge is 0.286 e. The number of rotatable bonds is 11. The van der Waals surface area contributed by atoms with Gasteiger partial charge in [0.05, 0.1) is 19.5 Å². The van der Waals surface area contributed by atoms with E-state index in [0.717, 1.165) is 12.0 Å². The average Bonchev–Trinajstić information content (AvgIpc) is 2.89. The van der Waals surface area contributed by atoms with Crippen molar-refractivity contribution >= 4 is 15.7 Å². The predicted molar refractivity (Wildman–Crippen MR) is 140 cm³/mol. The zero-order valence-corrected chi connectivity index (χ0v) is 22.7. The van der Waals surface area contributed by atoms with Crippen molar-refractivity contribution in [1.29, 1.82) is 0 Å². The lowest BCUT2D eigenvalue weighted by Crippen LogP contribution is -2.34. The average molecular weight is 532 g/mol. The molecule has 11 nitrogen and oxygen atoms in total. The van der Waals surface area contributed by atoms with E-state index in [9.17, 15) is 18.3 Å². The summed E-state index contributed by atoms with van der Waals surface area (Å²) in [5.74, 6) is -0.0933. The van der Waals surface area contributed by atoms with Crippen molar-refractivity contribution in [3.63, 3.8) is 0 Å². The predicted octanol–water partition coefficient (Wildman–Crippen LogP) is 3.33. The first-order valence-electron chi connectivity index (χ1n) is 11.9. The number of sulfonamides is 1. The number of unbranched alkanes of at least 4 members (excludes halogenated alkanes) is 1. The van der Waals surface area contributed by atoms with Gasteiger partial charge in [0.1, 0.15) is 28.8 Å². The van der Waals surface area contributed by atoms with Crippen LogP contribution in [0.15, 0.2) is 35.4 Å². The normalized spacial score (nSPS) is 13.1. The third-order valence-electron chi connectivity index (χ3n) is 6.16. The van der Waals surface area contributed by atoms with Gasteiger partial charge in [0.2, 0.25) is 15.9 Å². The molecule has 3 aromatic rings. The van der Waals surface area contributed by atoms with Crippen molar-refractivity contribution in [2.75, 3.05) is 18.9 Å². The molecule has 0 amide bonds. The second-order valence-electron chi connectivity index (χ2n) is 8.74. The van der Waals surface area contributed by atoms with E-state index in [0.29, 0.717) is 30.2 Å². The molecule has 0 unspecified atom stereocenters. The summed E-state index contributed by atoms with van der Waals surface area (Å²) >= 11 is 0. The molecule has 0 bridgehead atoms. The Morgan fingerprint density at radius 3 is 2.24 bits per heavy atom. The van der Waals surface area contributed by atoms with E-state index in [1.807, 2.05) is 13.8 Å². The third-order valence-corrected chi connectivity index (χ3v) is 8.03. The molecular formula is C25H33N5O6S.